The van der Waals surface area contributed by atoms with Crippen LogP contribution < -0.4 is 5.32 Å². The van der Waals surface area contributed by atoms with Gasteiger partial charge in [-0.25, -0.2) is 4.98 Å². The van der Waals surface area contributed by atoms with Gasteiger partial charge < -0.3 is 5.32 Å². The molecule has 0 spiro atoms. The predicted octanol–water partition coefficient (Wildman–Crippen LogP) is 3.08. The molecule has 1 heterocycles. The molecule has 0 saturated heterocycles. The van der Waals surface area contributed by atoms with E-state index in [-0.39, 0.29) is 0 Å². The molecule has 0 unspecified atom stereocenters. The number of rotatable bonds is 5. The van der Waals surface area contributed by atoms with Crippen LogP contribution in [0.25, 0.3) is 0 Å². The standard InChI is InChI=1S/C13H20N2S/c1-14-9-12-7-4-8-15-13(12)16-10-11-5-2-3-6-11/h4,7-8,11,14H,2-3,5-6,9-10H2,1H3. The first kappa shape index (κ1) is 11.9. The van der Waals surface area contributed by atoms with Crippen molar-refractivity contribution >= 4 is 11.8 Å². The molecular formula is C13H20N2S. The largest absolute Gasteiger partial charge is 0.316 e. The van der Waals surface area contributed by atoms with Crippen molar-refractivity contribution in [2.75, 3.05) is 12.8 Å². The van der Waals surface area contributed by atoms with Crippen LogP contribution in [0, 0.1) is 5.92 Å². The maximum atomic E-state index is 4.48. The maximum Gasteiger partial charge on any atom is 0.100 e. The van der Waals surface area contributed by atoms with Gasteiger partial charge in [0, 0.05) is 18.5 Å². The first-order valence-electron chi connectivity index (χ1n) is 6.11. The van der Waals surface area contributed by atoms with Crippen LogP contribution in [-0.2, 0) is 6.54 Å². The molecule has 1 saturated carbocycles. The molecule has 1 fully saturated rings. The summed E-state index contributed by atoms with van der Waals surface area (Å²) in [6, 6.07) is 4.19. The van der Waals surface area contributed by atoms with Crippen LogP contribution in [0.2, 0.25) is 0 Å². The molecule has 0 atom stereocenters. The summed E-state index contributed by atoms with van der Waals surface area (Å²) in [5.41, 5.74) is 1.33. The van der Waals surface area contributed by atoms with Crippen molar-refractivity contribution in [3.8, 4) is 0 Å². The zero-order valence-electron chi connectivity index (χ0n) is 9.91. The van der Waals surface area contributed by atoms with Crippen LogP contribution in [0.1, 0.15) is 31.2 Å². The summed E-state index contributed by atoms with van der Waals surface area (Å²) in [5, 5.41) is 4.41. The third-order valence-corrected chi connectivity index (χ3v) is 4.43. The van der Waals surface area contributed by atoms with Gasteiger partial charge in [0.25, 0.3) is 0 Å². The van der Waals surface area contributed by atoms with Gasteiger partial charge in [-0.05, 0) is 37.4 Å². The van der Waals surface area contributed by atoms with E-state index in [2.05, 4.69) is 16.4 Å². The third-order valence-electron chi connectivity index (χ3n) is 3.15. The predicted molar refractivity (Wildman–Crippen MR) is 69.7 cm³/mol. The number of hydrogen-bond acceptors (Lipinski definition) is 3. The highest BCUT2D eigenvalue weighted by Crippen LogP contribution is 2.31. The molecule has 0 bridgehead atoms. The minimum absolute atomic E-state index is 0.918. The summed E-state index contributed by atoms with van der Waals surface area (Å²) in [4.78, 5) is 4.48. The molecule has 0 radical (unpaired) electrons. The molecule has 0 amide bonds. The van der Waals surface area contributed by atoms with E-state index in [1.165, 1.54) is 42.0 Å². The molecule has 1 aliphatic rings. The Bertz CT molecular complexity index is 321. The molecular weight excluding hydrogens is 216 g/mol. The van der Waals surface area contributed by atoms with E-state index >= 15 is 0 Å². The van der Waals surface area contributed by atoms with Gasteiger partial charge in [0.05, 0.1) is 0 Å². The second-order valence-electron chi connectivity index (χ2n) is 4.46. The average Bonchev–Trinajstić information content (AvgIpc) is 2.81. The molecule has 1 aliphatic carbocycles. The highest BCUT2D eigenvalue weighted by molar-refractivity contribution is 7.99. The van der Waals surface area contributed by atoms with E-state index in [9.17, 15) is 0 Å². The Balaban J connectivity index is 1.91. The number of thioether (sulfide) groups is 1. The second kappa shape index (κ2) is 6.26. The summed E-state index contributed by atoms with van der Waals surface area (Å²) in [7, 11) is 1.98. The first-order chi connectivity index (χ1) is 7.90. The summed E-state index contributed by atoms with van der Waals surface area (Å²) in [6.07, 6.45) is 7.59. The minimum atomic E-state index is 0.918. The van der Waals surface area contributed by atoms with Gasteiger partial charge in [0.2, 0.25) is 0 Å². The monoisotopic (exact) mass is 236 g/mol. The van der Waals surface area contributed by atoms with Crippen LogP contribution in [-0.4, -0.2) is 17.8 Å². The number of aromatic nitrogens is 1. The van der Waals surface area contributed by atoms with Gasteiger partial charge in [0.15, 0.2) is 0 Å². The van der Waals surface area contributed by atoms with Gasteiger partial charge in [-0.15, -0.1) is 11.8 Å². The Hall–Kier alpha value is -0.540. The van der Waals surface area contributed by atoms with Gasteiger partial charge in [0.1, 0.15) is 5.03 Å². The van der Waals surface area contributed by atoms with Crippen LogP contribution in [0.5, 0.6) is 0 Å². The van der Waals surface area contributed by atoms with Crippen molar-refractivity contribution < 1.29 is 0 Å². The summed E-state index contributed by atoms with van der Waals surface area (Å²) in [6.45, 7) is 0.918. The highest BCUT2D eigenvalue weighted by Gasteiger charge is 2.15. The molecule has 16 heavy (non-hydrogen) atoms. The minimum Gasteiger partial charge on any atom is -0.316 e. The van der Waals surface area contributed by atoms with Crippen LogP contribution >= 0.6 is 11.8 Å². The van der Waals surface area contributed by atoms with Crippen molar-refractivity contribution in [2.45, 2.75) is 37.3 Å². The smallest absolute Gasteiger partial charge is 0.100 e. The molecule has 0 aromatic carbocycles. The zero-order chi connectivity index (χ0) is 11.2. The van der Waals surface area contributed by atoms with Crippen LogP contribution in [0.15, 0.2) is 23.4 Å². The van der Waals surface area contributed by atoms with Crippen molar-refractivity contribution in [3.63, 3.8) is 0 Å². The fourth-order valence-electron chi connectivity index (χ4n) is 2.25. The molecule has 0 aliphatic heterocycles. The first-order valence-corrected chi connectivity index (χ1v) is 7.10. The van der Waals surface area contributed by atoms with Gasteiger partial charge in [-0.2, -0.15) is 0 Å². The van der Waals surface area contributed by atoms with Crippen LogP contribution in [0.4, 0.5) is 0 Å². The Morgan fingerprint density at radius 1 is 1.44 bits per heavy atom. The molecule has 1 N–H and O–H groups in total. The Kier molecular flexibility index (Phi) is 4.67. The van der Waals surface area contributed by atoms with E-state index in [1.54, 1.807) is 0 Å². The van der Waals surface area contributed by atoms with E-state index in [1.807, 2.05) is 31.1 Å². The lowest BCUT2D eigenvalue weighted by Gasteiger charge is -2.10. The van der Waals surface area contributed by atoms with Gasteiger partial charge in [-0.1, -0.05) is 18.9 Å². The SMILES string of the molecule is CNCc1cccnc1SCC1CCCC1. The van der Waals surface area contributed by atoms with Crippen molar-refractivity contribution in [3.05, 3.63) is 23.9 Å². The zero-order valence-corrected chi connectivity index (χ0v) is 10.7. The van der Waals surface area contributed by atoms with E-state index in [0.29, 0.717) is 0 Å². The lowest BCUT2D eigenvalue weighted by atomic mass is 10.1. The maximum absolute atomic E-state index is 4.48. The number of hydrogen-bond donors (Lipinski definition) is 1. The molecule has 2 nitrogen and oxygen atoms in total. The average molecular weight is 236 g/mol. The molecule has 1 aromatic heterocycles. The summed E-state index contributed by atoms with van der Waals surface area (Å²) in [5.74, 6) is 2.17. The normalized spacial score (nSPS) is 16.8. The Labute approximate surface area is 102 Å². The third kappa shape index (κ3) is 3.22. The van der Waals surface area contributed by atoms with Gasteiger partial charge >= 0.3 is 0 Å². The van der Waals surface area contributed by atoms with E-state index in [0.717, 1.165) is 12.5 Å². The fraction of sp³-hybridized carbons (Fsp3) is 0.615. The van der Waals surface area contributed by atoms with Gasteiger partial charge in [-0.3, -0.25) is 0 Å². The Morgan fingerprint density at radius 3 is 3.00 bits per heavy atom. The fourth-order valence-corrected chi connectivity index (χ4v) is 3.44. The van der Waals surface area contributed by atoms with E-state index < -0.39 is 0 Å². The van der Waals surface area contributed by atoms with Crippen molar-refractivity contribution in [1.82, 2.24) is 10.3 Å². The quantitative estimate of drug-likeness (QED) is 0.795. The summed E-state index contributed by atoms with van der Waals surface area (Å²) < 4.78 is 0. The lowest BCUT2D eigenvalue weighted by Crippen LogP contribution is -2.07. The molecule has 3 heteroatoms. The van der Waals surface area contributed by atoms with Crippen molar-refractivity contribution in [2.24, 2.45) is 5.92 Å². The number of nitrogens with one attached hydrogen (secondary N) is 1. The Morgan fingerprint density at radius 2 is 2.25 bits per heavy atom. The van der Waals surface area contributed by atoms with Crippen LogP contribution in [0.3, 0.4) is 0 Å². The second-order valence-corrected chi connectivity index (χ2v) is 5.47. The number of nitrogens with zero attached hydrogens (tertiary/aromatic N) is 1. The topological polar surface area (TPSA) is 24.9 Å². The highest BCUT2D eigenvalue weighted by atomic mass is 32.2. The lowest BCUT2D eigenvalue weighted by molar-refractivity contribution is 0.622. The molecule has 1 aromatic rings. The molecule has 88 valence electrons. The molecule has 2 rings (SSSR count). The van der Waals surface area contributed by atoms with E-state index in [4.69, 9.17) is 0 Å². The summed E-state index contributed by atoms with van der Waals surface area (Å²) >= 11 is 1.93. The van der Waals surface area contributed by atoms with Crippen molar-refractivity contribution in [1.29, 1.82) is 0 Å². The number of pyridine rings is 1.